The third-order valence-corrected chi connectivity index (χ3v) is 13.0. The summed E-state index contributed by atoms with van der Waals surface area (Å²) >= 11 is 0. The second-order valence-corrected chi connectivity index (χ2v) is 18.2. The van der Waals surface area contributed by atoms with Crippen molar-refractivity contribution in [2.45, 2.75) is 117 Å². The number of ketones is 2. The van der Waals surface area contributed by atoms with Crippen molar-refractivity contribution in [1.82, 2.24) is 0 Å². The molecule has 226 valence electrons. The number of carbonyl (C=O) groups is 2. The Morgan fingerprint density at radius 3 is 1.30 bits per heavy atom. The molecule has 8 heteroatoms. The van der Waals surface area contributed by atoms with E-state index in [-0.39, 0.29) is 46.7 Å². The second-order valence-electron chi connectivity index (χ2n) is 13.1. The third-order valence-electron chi connectivity index (χ3n) is 8.47. The Kier molecular flexibility index (Phi) is 11.6. The maximum Gasteiger partial charge on any atom is 0.160 e. The highest BCUT2D eigenvalue weighted by atomic mass is 32.2. The lowest BCUT2D eigenvalue weighted by molar-refractivity contribution is -0.117. The van der Waals surface area contributed by atoms with Crippen LogP contribution in [0.2, 0.25) is 0 Å². The molecule has 6 nitrogen and oxygen atoms in total. The van der Waals surface area contributed by atoms with Gasteiger partial charge in [-0.15, -0.1) is 0 Å². The van der Waals surface area contributed by atoms with Crippen LogP contribution in [0.4, 0.5) is 0 Å². The summed E-state index contributed by atoms with van der Waals surface area (Å²) in [4.78, 5) is 26.0. The first kappa shape index (κ1) is 34.4. The average Bonchev–Trinajstić information content (AvgIpc) is 2.79. The molecule has 40 heavy (non-hydrogen) atoms. The summed E-state index contributed by atoms with van der Waals surface area (Å²) in [5.74, 6) is -0.232. The highest BCUT2D eigenvalue weighted by Gasteiger charge is 2.35. The number of carbonyl (C=O) groups excluding carboxylic acids is 2. The first-order chi connectivity index (χ1) is 18.3. The molecule has 0 bridgehead atoms. The summed E-state index contributed by atoms with van der Waals surface area (Å²) in [5.41, 5.74) is 2.65. The lowest BCUT2D eigenvalue weighted by atomic mass is 9.73. The summed E-state index contributed by atoms with van der Waals surface area (Å²) in [5, 5.41) is -1.52. The molecule has 0 aliphatic heterocycles. The number of sulfone groups is 2. The number of hydrogen-bond acceptors (Lipinski definition) is 6. The molecule has 2 aliphatic rings. The van der Waals surface area contributed by atoms with Crippen LogP contribution in [0.15, 0.2) is 46.6 Å². The number of allylic oxidation sites excluding steroid dienone is 8. The highest BCUT2D eigenvalue weighted by Crippen LogP contribution is 2.39. The average molecular weight is 595 g/mol. The smallest absolute Gasteiger partial charge is 0.160 e. The van der Waals surface area contributed by atoms with Crippen molar-refractivity contribution in [3.8, 4) is 0 Å². The van der Waals surface area contributed by atoms with Crippen LogP contribution in [-0.4, -0.2) is 50.4 Å². The molecule has 2 atom stereocenters. The lowest BCUT2D eigenvalue weighted by Gasteiger charge is -2.31. The highest BCUT2D eigenvalue weighted by molar-refractivity contribution is 7.92. The van der Waals surface area contributed by atoms with Gasteiger partial charge < -0.3 is 0 Å². The van der Waals surface area contributed by atoms with Crippen LogP contribution in [0, 0.1) is 10.8 Å². The maximum atomic E-state index is 13.0. The van der Waals surface area contributed by atoms with E-state index in [1.54, 1.807) is 13.8 Å². The van der Waals surface area contributed by atoms with E-state index >= 15 is 0 Å². The summed E-state index contributed by atoms with van der Waals surface area (Å²) in [6.07, 6.45) is 11.5. The van der Waals surface area contributed by atoms with Gasteiger partial charge in [0.05, 0.1) is 22.0 Å². The minimum absolute atomic E-state index is 0.0148. The molecule has 0 fully saturated rings. The second kappa shape index (κ2) is 13.5. The Bertz CT molecular complexity index is 1200. The van der Waals surface area contributed by atoms with E-state index < -0.39 is 30.2 Å². The first-order valence-electron chi connectivity index (χ1n) is 14.6. The largest absolute Gasteiger partial charge is 0.294 e. The van der Waals surface area contributed by atoms with Crippen LogP contribution in [0.1, 0.15) is 107 Å². The van der Waals surface area contributed by atoms with E-state index in [1.165, 1.54) is 0 Å². The fourth-order valence-electron chi connectivity index (χ4n) is 6.04. The SMILES string of the molecule is CC1=C(C(=O)CC(C)S(=O)(=O)CCCCCCS(=O)(=O)C(C)CC(=O)C2=C(C)C=CCC2(C)C)C(C)(C)CC=C1. The van der Waals surface area contributed by atoms with Gasteiger partial charge in [-0.05, 0) is 75.4 Å². The van der Waals surface area contributed by atoms with Gasteiger partial charge in [0, 0.05) is 24.0 Å². The molecule has 0 heterocycles. The third kappa shape index (κ3) is 8.85. The molecule has 0 aromatic heterocycles. The summed E-state index contributed by atoms with van der Waals surface area (Å²) in [7, 11) is -6.88. The van der Waals surface area contributed by atoms with E-state index in [9.17, 15) is 26.4 Å². The molecule has 0 spiro atoms. The molecule has 0 N–H and O–H groups in total. The van der Waals surface area contributed by atoms with Gasteiger partial charge in [0.1, 0.15) is 0 Å². The van der Waals surface area contributed by atoms with Crippen LogP contribution >= 0.6 is 0 Å². The van der Waals surface area contributed by atoms with Gasteiger partial charge in [-0.3, -0.25) is 9.59 Å². The monoisotopic (exact) mass is 594 g/mol. The van der Waals surface area contributed by atoms with Crippen molar-refractivity contribution in [2.24, 2.45) is 10.8 Å². The van der Waals surface area contributed by atoms with Gasteiger partial charge in [0.25, 0.3) is 0 Å². The molecule has 2 unspecified atom stereocenters. The van der Waals surface area contributed by atoms with Crippen molar-refractivity contribution < 1.29 is 26.4 Å². The fraction of sp³-hybridized carbons (Fsp3) is 0.688. The van der Waals surface area contributed by atoms with Crippen molar-refractivity contribution >= 4 is 31.2 Å². The van der Waals surface area contributed by atoms with E-state index in [2.05, 4.69) is 0 Å². The van der Waals surface area contributed by atoms with Gasteiger partial charge in [0.15, 0.2) is 31.2 Å². The molecular weight excluding hydrogens is 544 g/mol. The van der Waals surface area contributed by atoms with E-state index in [4.69, 9.17) is 0 Å². The Hall–Kier alpha value is -1.80. The van der Waals surface area contributed by atoms with Crippen molar-refractivity contribution in [3.05, 3.63) is 46.6 Å². The molecule has 0 aromatic carbocycles. The molecule has 0 amide bonds. The molecule has 0 saturated heterocycles. The van der Waals surface area contributed by atoms with Gasteiger partial charge in [-0.1, -0.05) is 64.8 Å². The lowest BCUT2D eigenvalue weighted by Crippen LogP contribution is -2.30. The predicted molar refractivity (Wildman–Crippen MR) is 165 cm³/mol. The quantitative estimate of drug-likeness (QED) is 0.196. The van der Waals surface area contributed by atoms with Crippen molar-refractivity contribution in [3.63, 3.8) is 0 Å². The van der Waals surface area contributed by atoms with E-state index in [0.717, 1.165) is 35.1 Å². The maximum absolute atomic E-state index is 13.0. The number of rotatable bonds is 15. The summed E-state index contributed by atoms with van der Waals surface area (Å²) in [6.45, 7) is 15.1. The standard InChI is InChI=1S/C32H50O6S2/c1-23-15-13-17-31(5,6)29(23)27(33)21-25(3)39(35,36)19-11-9-10-12-20-40(37,38)26(4)22-28(34)30-24(2)16-14-18-32(30,7)8/h13-16,25-26H,9-12,17-22H2,1-8H3. The Labute approximate surface area is 243 Å². The van der Waals surface area contributed by atoms with E-state index in [0.29, 0.717) is 25.7 Å². The molecule has 0 aromatic rings. The fourth-order valence-corrected chi connectivity index (χ4v) is 8.86. The zero-order valence-electron chi connectivity index (χ0n) is 25.8. The van der Waals surface area contributed by atoms with Crippen LogP contribution < -0.4 is 0 Å². The van der Waals surface area contributed by atoms with E-state index in [1.807, 2.05) is 65.8 Å². The number of unbranched alkanes of at least 4 members (excludes halogenated alkanes) is 3. The molecule has 0 saturated carbocycles. The summed E-state index contributed by atoms with van der Waals surface area (Å²) < 4.78 is 51.4. The predicted octanol–water partition coefficient (Wildman–Crippen LogP) is 6.68. The zero-order valence-corrected chi connectivity index (χ0v) is 27.4. The van der Waals surface area contributed by atoms with Gasteiger partial charge in [0.2, 0.25) is 0 Å². The van der Waals surface area contributed by atoms with Gasteiger partial charge >= 0.3 is 0 Å². The van der Waals surface area contributed by atoms with Crippen molar-refractivity contribution in [1.29, 1.82) is 0 Å². The number of Topliss-reactive ketones (excluding diaryl/α,β-unsaturated/α-hetero) is 2. The van der Waals surface area contributed by atoms with Crippen LogP contribution in [0.25, 0.3) is 0 Å². The molecule has 2 aliphatic carbocycles. The van der Waals surface area contributed by atoms with Crippen LogP contribution in [0.3, 0.4) is 0 Å². The normalized spacial score (nSPS) is 20.5. The van der Waals surface area contributed by atoms with Crippen LogP contribution in [0.5, 0.6) is 0 Å². The Morgan fingerprint density at radius 1 is 0.675 bits per heavy atom. The molecule has 0 radical (unpaired) electrons. The number of hydrogen-bond donors (Lipinski definition) is 0. The Morgan fingerprint density at radius 2 is 1.00 bits per heavy atom. The van der Waals surface area contributed by atoms with Crippen molar-refractivity contribution in [2.75, 3.05) is 11.5 Å². The summed E-state index contributed by atoms with van der Waals surface area (Å²) in [6, 6.07) is 0. The molecule has 2 rings (SSSR count). The Balaban J connectivity index is 1.80. The van der Waals surface area contributed by atoms with Gasteiger partial charge in [-0.25, -0.2) is 16.8 Å². The first-order valence-corrected chi connectivity index (χ1v) is 18.0. The zero-order chi connectivity index (χ0) is 30.5. The van der Waals surface area contributed by atoms with Gasteiger partial charge in [-0.2, -0.15) is 0 Å². The topological polar surface area (TPSA) is 102 Å². The minimum Gasteiger partial charge on any atom is -0.294 e. The molecular formula is C32H50O6S2. The van der Waals surface area contributed by atoms with Crippen LogP contribution in [-0.2, 0) is 29.3 Å². The minimum atomic E-state index is -3.44.